The van der Waals surface area contributed by atoms with Crippen LogP contribution in [-0.4, -0.2) is 22.9 Å². The summed E-state index contributed by atoms with van der Waals surface area (Å²) in [7, 11) is 0. The maximum atomic E-state index is 11.8. The molecule has 0 atom stereocenters. The molecule has 1 aromatic carbocycles. The van der Waals surface area contributed by atoms with Gasteiger partial charge in [-0.2, -0.15) is 0 Å². The highest BCUT2D eigenvalue weighted by Crippen LogP contribution is 2.33. The molecule has 0 saturated carbocycles. The zero-order valence-electron chi connectivity index (χ0n) is 8.68. The number of carbonyl (C=O) groups excluding carboxylic acids is 2. The van der Waals surface area contributed by atoms with Gasteiger partial charge in [0.1, 0.15) is 8.96 Å². The summed E-state index contributed by atoms with van der Waals surface area (Å²) in [5.74, 6) is -2.05. The van der Waals surface area contributed by atoms with Gasteiger partial charge in [-0.15, -0.1) is 0 Å². The maximum Gasteiger partial charge on any atom is 0.335 e. The number of halogens is 2. The Bertz CT molecular complexity index is 568. The van der Waals surface area contributed by atoms with Crippen molar-refractivity contribution < 1.29 is 19.5 Å². The highest BCUT2D eigenvalue weighted by Gasteiger charge is 2.36. The van der Waals surface area contributed by atoms with Crippen LogP contribution in [0.5, 0.6) is 0 Å². The zero-order valence-corrected chi connectivity index (χ0v) is 11.9. The van der Waals surface area contributed by atoms with Gasteiger partial charge in [0.15, 0.2) is 0 Å². The Balaban J connectivity index is 2.37. The summed E-state index contributed by atoms with van der Waals surface area (Å²) < 4.78 is 0.296. The minimum atomic E-state index is -1.07. The summed E-state index contributed by atoms with van der Waals surface area (Å²) in [6.07, 6.45) is 0. The van der Waals surface area contributed by atoms with E-state index >= 15 is 0 Å². The molecule has 92 valence electrons. The molecule has 1 N–H and O–H groups in total. The molecule has 18 heavy (non-hydrogen) atoms. The second kappa shape index (κ2) is 4.66. The smallest absolute Gasteiger partial charge is 0.335 e. The van der Waals surface area contributed by atoms with Gasteiger partial charge in [0, 0.05) is 0 Å². The van der Waals surface area contributed by atoms with E-state index in [0.29, 0.717) is 5.69 Å². The molecule has 0 radical (unpaired) electrons. The third kappa shape index (κ3) is 1.99. The van der Waals surface area contributed by atoms with E-state index < -0.39 is 17.8 Å². The van der Waals surface area contributed by atoms with Crippen LogP contribution in [-0.2, 0) is 9.59 Å². The van der Waals surface area contributed by atoms with Gasteiger partial charge >= 0.3 is 5.97 Å². The van der Waals surface area contributed by atoms with Gasteiger partial charge in [-0.05, 0) is 56.1 Å². The Morgan fingerprint density at radius 3 is 1.83 bits per heavy atom. The molecule has 0 fully saturated rings. The minimum absolute atomic E-state index is 0.0870. The van der Waals surface area contributed by atoms with Crippen molar-refractivity contribution in [2.75, 3.05) is 4.90 Å². The average Bonchev–Trinajstić information content (AvgIpc) is 2.54. The van der Waals surface area contributed by atoms with Crippen molar-refractivity contribution in [3.8, 4) is 0 Å². The van der Waals surface area contributed by atoms with Crippen LogP contribution >= 0.6 is 31.9 Å². The van der Waals surface area contributed by atoms with E-state index in [1.54, 1.807) is 0 Å². The summed E-state index contributed by atoms with van der Waals surface area (Å²) in [6, 6.07) is 5.48. The van der Waals surface area contributed by atoms with E-state index in [1.807, 2.05) is 0 Å². The molecule has 0 spiro atoms. The van der Waals surface area contributed by atoms with E-state index in [1.165, 1.54) is 24.3 Å². The summed E-state index contributed by atoms with van der Waals surface area (Å²) in [5.41, 5.74) is 0.408. The number of imide groups is 1. The Kier molecular flexibility index (Phi) is 3.36. The van der Waals surface area contributed by atoms with Crippen LogP contribution in [0.3, 0.4) is 0 Å². The molecule has 0 bridgehead atoms. The molecule has 0 aliphatic carbocycles. The van der Waals surface area contributed by atoms with Gasteiger partial charge in [0.2, 0.25) is 0 Å². The number of hydrogen-bond donors (Lipinski definition) is 1. The van der Waals surface area contributed by atoms with Crippen molar-refractivity contribution in [1.29, 1.82) is 0 Å². The Labute approximate surface area is 118 Å². The minimum Gasteiger partial charge on any atom is -0.478 e. The molecular weight excluding hydrogens is 370 g/mol. The van der Waals surface area contributed by atoms with Crippen molar-refractivity contribution in [3.05, 3.63) is 38.8 Å². The zero-order chi connectivity index (χ0) is 13.4. The first kappa shape index (κ1) is 13.0. The van der Waals surface area contributed by atoms with Crippen LogP contribution < -0.4 is 4.90 Å². The highest BCUT2D eigenvalue weighted by atomic mass is 79.9. The standard InChI is InChI=1S/C11H5Br2NO4/c12-7-8(13)10(16)14(9(7)15)6-3-1-5(2-4-6)11(17)18/h1-4H,(H,17,18). The SMILES string of the molecule is O=C(O)c1ccc(N2C(=O)C(Br)=C(Br)C2=O)cc1. The largest absolute Gasteiger partial charge is 0.478 e. The van der Waals surface area contributed by atoms with Crippen LogP contribution in [0.1, 0.15) is 10.4 Å². The molecule has 1 heterocycles. The number of nitrogens with zero attached hydrogens (tertiary/aromatic N) is 1. The number of carboxylic acids is 1. The molecule has 2 rings (SSSR count). The number of aromatic carboxylic acids is 1. The Morgan fingerprint density at radius 2 is 1.44 bits per heavy atom. The summed E-state index contributed by atoms with van der Waals surface area (Å²) in [4.78, 5) is 35.3. The van der Waals surface area contributed by atoms with Crippen LogP contribution in [0.2, 0.25) is 0 Å². The molecule has 1 aromatic rings. The number of carbonyl (C=O) groups is 3. The number of anilines is 1. The first-order valence-corrected chi connectivity index (χ1v) is 6.29. The van der Waals surface area contributed by atoms with Crippen molar-refractivity contribution in [2.24, 2.45) is 0 Å². The topological polar surface area (TPSA) is 74.7 Å². The molecule has 0 saturated heterocycles. The van der Waals surface area contributed by atoms with Gasteiger partial charge in [-0.25, -0.2) is 9.69 Å². The second-order valence-corrected chi connectivity index (χ2v) is 5.01. The second-order valence-electron chi connectivity index (χ2n) is 3.43. The number of rotatable bonds is 2. The molecule has 0 unspecified atom stereocenters. The average molecular weight is 375 g/mol. The maximum absolute atomic E-state index is 11.8. The molecule has 1 aliphatic rings. The number of benzene rings is 1. The van der Waals surface area contributed by atoms with Gasteiger partial charge in [0.05, 0.1) is 11.3 Å². The fraction of sp³-hybridized carbons (Fsp3) is 0. The molecule has 0 aromatic heterocycles. The fourth-order valence-corrected chi connectivity index (χ4v) is 2.16. The first-order chi connectivity index (χ1) is 8.43. The van der Waals surface area contributed by atoms with E-state index in [9.17, 15) is 14.4 Å². The van der Waals surface area contributed by atoms with Crippen molar-refractivity contribution in [1.82, 2.24) is 0 Å². The molecule has 5 nitrogen and oxygen atoms in total. The first-order valence-electron chi connectivity index (χ1n) is 4.71. The normalized spacial score (nSPS) is 15.6. The van der Waals surface area contributed by atoms with Crippen LogP contribution in [0.15, 0.2) is 33.2 Å². The highest BCUT2D eigenvalue weighted by molar-refractivity contribution is 9.14. The Morgan fingerprint density at radius 1 is 1.00 bits per heavy atom. The lowest BCUT2D eigenvalue weighted by Crippen LogP contribution is -2.30. The third-order valence-electron chi connectivity index (χ3n) is 2.35. The number of hydrogen-bond acceptors (Lipinski definition) is 3. The fourth-order valence-electron chi connectivity index (χ4n) is 1.46. The summed E-state index contributed by atoms with van der Waals surface area (Å²) in [6.45, 7) is 0. The lowest BCUT2D eigenvalue weighted by Gasteiger charge is -2.14. The number of carboxylic acid groups (broad SMARTS) is 1. The van der Waals surface area contributed by atoms with Crippen molar-refractivity contribution in [2.45, 2.75) is 0 Å². The van der Waals surface area contributed by atoms with Gasteiger partial charge in [-0.1, -0.05) is 0 Å². The van der Waals surface area contributed by atoms with Crippen LogP contribution in [0, 0.1) is 0 Å². The lowest BCUT2D eigenvalue weighted by atomic mass is 10.2. The molecule has 1 aliphatic heterocycles. The van der Waals surface area contributed by atoms with Crippen molar-refractivity contribution in [3.63, 3.8) is 0 Å². The predicted molar refractivity (Wildman–Crippen MR) is 70.8 cm³/mol. The van der Waals surface area contributed by atoms with E-state index in [4.69, 9.17) is 5.11 Å². The summed E-state index contributed by atoms with van der Waals surface area (Å²) >= 11 is 6.02. The molecule has 7 heteroatoms. The predicted octanol–water partition coefficient (Wildman–Crippen LogP) is 2.26. The summed E-state index contributed by atoms with van der Waals surface area (Å²) in [5, 5.41) is 8.76. The van der Waals surface area contributed by atoms with Crippen LogP contribution in [0.4, 0.5) is 5.69 Å². The van der Waals surface area contributed by atoms with E-state index in [-0.39, 0.29) is 14.5 Å². The third-order valence-corrected chi connectivity index (χ3v) is 4.35. The van der Waals surface area contributed by atoms with Crippen molar-refractivity contribution >= 4 is 55.3 Å². The van der Waals surface area contributed by atoms with Gasteiger partial charge in [-0.3, -0.25) is 9.59 Å². The monoisotopic (exact) mass is 373 g/mol. The van der Waals surface area contributed by atoms with E-state index in [2.05, 4.69) is 31.9 Å². The molecule has 2 amide bonds. The quantitative estimate of drug-likeness (QED) is 0.805. The number of amides is 2. The Hall–Kier alpha value is -1.47. The van der Waals surface area contributed by atoms with E-state index in [0.717, 1.165) is 4.90 Å². The van der Waals surface area contributed by atoms with Gasteiger partial charge < -0.3 is 5.11 Å². The van der Waals surface area contributed by atoms with Crippen LogP contribution in [0.25, 0.3) is 0 Å². The van der Waals surface area contributed by atoms with Gasteiger partial charge in [0.25, 0.3) is 11.8 Å². The lowest BCUT2D eigenvalue weighted by molar-refractivity contribution is -0.120. The molecular formula is C11H5Br2NO4.